The predicted octanol–water partition coefficient (Wildman–Crippen LogP) is 3.13. The zero-order valence-electron chi connectivity index (χ0n) is 20.8. The Bertz CT molecular complexity index is 1310. The highest BCUT2D eigenvalue weighted by atomic mass is 19.1. The van der Waals surface area contributed by atoms with Crippen LogP contribution < -0.4 is 30.3 Å². The quantitative estimate of drug-likeness (QED) is 0.248. The van der Waals surface area contributed by atoms with Gasteiger partial charge < -0.3 is 24.8 Å². The lowest BCUT2D eigenvalue weighted by Crippen LogP contribution is -2.35. The summed E-state index contributed by atoms with van der Waals surface area (Å²) in [5.41, 5.74) is 3.27. The molecular formula is C27H27FN4O6. The van der Waals surface area contributed by atoms with E-state index in [-0.39, 0.29) is 18.8 Å². The Hall–Kier alpha value is -4.93. The molecule has 0 spiro atoms. The van der Waals surface area contributed by atoms with E-state index in [9.17, 15) is 18.8 Å². The van der Waals surface area contributed by atoms with E-state index >= 15 is 0 Å². The van der Waals surface area contributed by atoms with Gasteiger partial charge in [0.05, 0.1) is 37.7 Å². The number of nitrogens with zero attached hydrogens (tertiary/aromatic N) is 1. The van der Waals surface area contributed by atoms with Crippen molar-refractivity contribution in [2.45, 2.75) is 6.92 Å². The van der Waals surface area contributed by atoms with E-state index in [0.29, 0.717) is 35.0 Å². The Morgan fingerprint density at radius 2 is 1.68 bits per heavy atom. The fourth-order valence-corrected chi connectivity index (χ4v) is 3.19. The minimum atomic E-state index is -0.551. The van der Waals surface area contributed by atoms with Crippen molar-refractivity contribution in [2.24, 2.45) is 5.10 Å². The van der Waals surface area contributed by atoms with Crippen LogP contribution >= 0.6 is 0 Å². The van der Waals surface area contributed by atoms with E-state index in [0.717, 1.165) is 0 Å². The molecule has 3 aromatic carbocycles. The van der Waals surface area contributed by atoms with Crippen LogP contribution in [0.25, 0.3) is 0 Å². The molecule has 0 heterocycles. The van der Waals surface area contributed by atoms with Crippen LogP contribution in [-0.2, 0) is 9.59 Å². The van der Waals surface area contributed by atoms with Gasteiger partial charge >= 0.3 is 0 Å². The molecule has 0 aliphatic heterocycles. The molecule has 0 bridgehead atoms. The van der Waals surface area contributed by atoms with Crippen molar-refractivity contribution in [3.8, 4) is 17.2 Å². The SMILES string of the molecule is CCOc1cc(C=NNC(=O)CNC(=O)c2ccccc2OC)ccc1OCC(=O)Nc1ccccc1F. The van der Waals surface area contributed by atoms with Gasteiger partial charge in [0.1, 0.15) is 11.6 Å². The number of methoxy groups -OCH3 is 1. The van der Waals surface area contributed by atoms with Crippen molar-refractivity contribution in [2.75, 3.05) is 32.2 Å². The highest BCUT2D eigenvalue weighted by Crippen LogP contribution is 2.28. The van der Waals surface area contributed by atoms with Gasteiger partial charge in [-0.1, -0.05) is 24.3 Å². The fourth-order valence-electron chi connectivity index (χ4n) is 3.19. The number of para-hydroxylation sites is 2. The van der Waals surface area contributed by atoms with Gasteiger partial charge in [-0.3, -0.25) is 14.4 Å². The highest BCUT2D eigenvalue weighted by molar-refractivity contribution is 5.98. The van der Waals surface area contributed by atoms with Crippen LogP contribution in [0.3, 0.4) is 0 Å². The Labute approximate surface area is 218 Å². The number of ether oxygens (including phenoxy) is 3. The highest BCUT2D eigenvalue weighted by Gasteiger charge is 2.13. The zero-order valence-corrected chi connectivity index (χ0v) is 20.8. The monoisotopic (exact) mass is 522 g/mol. The van der Waals surface area contributed by atoms with Crippen molar-refractivity contribution >= 4 is 29.6 Å². The maximum atomic E-state index is 13.7. The van der Waals surface area contributed by atoms with E-state index in [1.165, 1.54) is 31.5 Å². The normalized spacial score (nSPS) is 10.5. The molecule has 0 radical (unpaired) electrons. The molecule has 0 unspecified atom stereocenters. The Balaban J connectivity index is 1.52. The molecule has 10 nitrogen and oxygen atoms in total. The first-order valence-electron chi connectivity index (χ1n) is 11.6. The molecule has 0 atom stereocenters. The zero-order chi connectivity index (χ0) is 27.3. The Kier molecular flexibility index (Phi) is 10.2. The smallest absolute Gasteiger partial charge is 0.262 e. The number of hydrogen-bond acceptors (Lipinski definition) is 7. The van der Waals surface area contributed by atoms with Gasteiger partial charge in [0.25, 0.3) is 17.7 Å². The lowest BCUT2D eigenvalue weighted by molar-refractivity contribution is -0.120. The third-order valence-electron chi connectivity index (χ3n) is 4.94. The summed E-state index contributed by atoms with van der Waals surface area (Å²) in [6, 6.07) is 17.3. The molecule has 3 aromatic rings. The minimum Gasteiger partial charge on any atom is -0.496 e. The lowest BCUT2D eigenvalue weighted by Gasteiger charge is -2.13. The van der Waals surface area contributed by atoms with Crippen LogP contribution in [0.1, 0.15) is 22.8 Å². The first-order valence-corrected chi connectivity index (χ1v) is 11.6. The molecule has 38 heavy (non-hydrogen) atoms. The predicted molar refractivity (Wildman–Crippen MR) is 139 cm³/mol. The standard InChI is InChI=1S/C27H27FN4O6/c1-3-37-24-14-18(12-13-23(24)38-17-26(34)31-21-10-6-5-9-20(21)28)15-30-32-25(33)16-29-27(35)19-8-4-7-11-22(19)36-2/h4-15H,3,16-17H2,1-2H3,(H,29,35)(H,31,34)(H,32,33). The third kappa shape index (κ3) is 8.05. The van der Waals surface area contributed by atoms with Gasteiger partial charge in [-0.15, -0.1) is 0 Å². The maximum absolute atomic E-state index is 13.7. The van der Waals surface area contributed by atoms with E-state index in [4.69, 9.17) is 14.2 Å². The maximum Gasteiger partial charge on any atom is 0.262 e. The fraction of sp³-hybridized carbons (Fsp3) is 0.185. The minimum absolute atomic E-state index is 0.0547. The first kappa shape index (κ1) is 27.7. The molecule has 11 heteroatoms. The average molecular weight is 523 g/mol. The average Bonchev–Trinajstić information content (AvgIpc) is 2.92. The van der Waals surface area contributed by atoms with E-state index in [2.05, 4.69) is 21.2 Å². The number of rotatable bonds is 12. The second-order valence-corrected chi connectivity index (χ2v) is 7.63. The summed E-state index contributed by atoms with van der Waals surface area (Å²) in [7, 11) is 1.45. The van der Waals surface area contributed by atoms with Crippen LogP contribution in [0.2, 0.25) is 0 Å². The number of carbonyl (C=O) groups excluding carboxylic acids is 3. The van der Waals surface area contributed by atoms with Crippen LogP contribution in [-0.4, -0.2) is 50.8 Å². The number of hydrogen-bond donors (Lipinski definition) is 3. The third-order valence-corrected chi connectivity index (χ3v) is 4.94. The van der Waals surface area contributed by atoms with Crippen molar-refractivity contribution in [3.63, 3.8) is 0 Å². The molecule has 0 saturated heterocycles. The lowest BCUT2D eigenvalue weighted by atomic mass is 10.2. The summed E-state index contributed by atoms with van der Waals surface area (Å²) in [6.07, 6.45) is 1.39. The second-order valence-electron chi connectivity index (χ2n) is 7.63. The molecule has 0 aliphatic carbocycles. The molecule has 3 rings (SSSR count). The van der Waals surface area contributed by atoms with E-state index < -0.39 is 23.5 Å². The molecule has 3 amide bonds. The summed E-state index contributed by atoms with van der Waals surface area (Å²) in [5.74, 6) is -1.03. The molecule has 0 fully saturated rings. The van der Waals surface area contributed by atoms with Gasteiger partial charge in [-0.2, -0.15) is 5.10 Å². The number of amides is 3. The molecular weight excluding hydrogens is 495 g/mol. The van der Waals surface area contributed by atoms with Crippen LogP contribution in [0.4, 0.5) is 10.1 Å². The van der Waals surface area contributed by atoms with Crippen LogP contribution in [0.5, 0.6) is 17.2 Å². The number of nitrogens with one attached hydrogen (secondary N) is 3. The number of carbonyl (C=O) groups is 3. The van der Waals surface area contributed by atoms with E-state index in [1.807, 2.05) is 0 Å². The van der Waals surface area contributed by atoms with E-state index in [1.54, 1.807) is 55.5 Å². The number of hydrazone groups is 1. The second kappa shape index (κ2) is 14.0. The molecule has 0 aliphatic rings. The molecule has 0 aromatic heterocycles. The Morgan fingerprint density at radius 1 is 0.921 bits per heavy atom. The summed E-state index contributed by atoms with van der Waals surface area (Å²) >= 11 is 0. The molecule has 3 N–H and O–H groups in total. The first-order chi connectivity index (χ1) is 18.4. The van der Waals surface area contributed by atoms with Gasteiger partial charge in [-0.25, -0.2) is 9.82 Å². The molecule has 0 saturated carbocycles. The van der Waals surface area contributed by atoms with Gasteiger partial charge in [0.15, 0.2) is 18.1 Å². The van der Waals surface area contributed by atoms with Crippen molar-refractivity contribution in [3.05, 3.63) is 83.7 Å². The van der Waals surface area contributed by atoms with Crippen LogP contribution in [0, 0.1) is 5.82 Å². The topological polar surface area (TPSA) is 127 Å². The number of benzene rings is 3. The molecule has 198 valence electrons. The number of halogens is 1. The largest absolute Gasteiger partial charge is 0.496 e. The van der Waals surface area contributed by atoms with Crippen molar-refractivity contribution in [1.82, 2.24) is 10.7 Å². The van der Waals surface area contributed by atoms with Gasteiger partial charge in [0, 0.05) is 0 Å². The van der Waals surface area contributed by atoms with Gasteiger partial charge in [0.2, 0.25) is 0 Å². The van der Waals surface area contributed by atoms with Crippen molar-refractivity contribution < 1.29 is 33.0 Å². The van der Waals surface area contributed by atoms with Crippen molar-refractivity contribution in [1.29, 1.82) is 0 Å². The summed E-state index contributed by atoms with van der Waals surface area (Å²) in [5, 5.41) is 8.83. The Morgan fingerprint density at radius 3 is 2.45 bits per heavy atom. The van der Waals surface area contributed by atoms with Crippen LogP contribution in [0.15, 0.2) is 71.8 Å². The summed E-state index contributed by atoms with van der Waals surface area (Å²) in [4.78, 5) is 36.5. The summed E-state index contributed by atoms with van der Waals surface area (Å²) < 4.78 is 30.0. The number of anilines is 1. The summed E-state index contributed by atoms with van der Waals surface area (Å²) in [6.45, 7) is 1.47. The van der Waals surface area contributed by atoms with Gasteiger partial charge in [-0.05, 0) is 55.0 Å².